The number of nitrogens with zero attached hydrogens (tertiary/aromatic N) is 6. The lowest BCUT2D eigenvalue weighted by atomic mass is 9.94. The van der Waals surface area contributed by atoms with Gasteiger partial charge in [0.05, 0.1) is 43.0 Å². The summed E-state index contributed by atoms with van der Waals surface area (Å²) in [7, 11) is 3.77. The van der Waals surface area contributed by atoms with E-state index in [1.165, 1.54) is 4.90 Å². The molecular weight excluding hydrogens is 599 g/mol. The maximum absolute atomic E-state index is 13.8. The number of nitriles is 1. The minimum Gasteiger partial charge on any atom is -0.462 e. The molecule has 4 heterocycles. The van der Waals surface area contributed by atoms with Crippen molar-refractivity contribution >= 4 is 34.1 Å². The van der Waals surface area contributed by atoms with Crippen molar-refractivity contribution < 1.29 is 23.4 Å². The van der Waals surface area contributed by atoms with E-state index < -0.39 is 17.8 Å². The molecule has 1 unspecified atom stereocenters. The average Bonchev–Trinajstić information content (AvgIpc) is 3.42. The Bertz CT molecular complexity index is 1640. The van der Waals surface area contributed by atoms with Crippen molar-refractivity contribution in [3.63, 3.8) is 0 Å². The number of likely N-dealkylation sites (tertiary alicyclic amines) is 1. The fraction of sp³-hybridized carbons (Fsp3) is 0.455. The molecular formula is C33H36ClFN6O4. The van der Waals surface area contributed by atoms with Crippen LogP contribution in [0.25, 0.3) is 10.8 Å². The van der Waals surface area contributed by atoms with Gasteiger partial charge in [-0.3, -0.25) is 9.69 Å². The summed E-state index contributed by atoms with van der Waals surface area (Å²) in [4.78, 5) is 27.9. The minimum absolute atomic E-state index is 0.0429. The summed E-state index contributed by atoms with van der Waals surface area (Å²) >= 11 is 6.66. The van der Waals surface area contributed by atoms with Gasteiger partial charge in [-0.25, -0.2) is 4.39 Å². The topological polar surface area (TPSA) is 104 Å². The Morgan fingerprint density at radius 2 is 2.00 bits per heavy atom. The molecule has 1 aromatic heterocycles. The summed E-state index contributed by atoms with van der Waals surface area (Å²) in [6.45, 7) is 5.52. The largest absolute Gasteiger partial charge is 0.462 e. The molecule has 236 valence electrons. The first-order valence-corrected chi connectivity index (χ1v) is 15.5. The van der Waals surface area contributed by atoms with Gasteiger partial charge in [-0.2, -0.15) is 15.2 Å². The maximum atomic E-state index is 13.8. The highest BCUT2D eigenvalue weighted by atomic mass is 35.5. The predicted octanol–water partition coefficient (Wildman–Crippen LogP) is 4.61. The van der Waals surface area contributed by atoms with Gasteiger partial charge < -0.3 is 24.0 Å². The van der Waals surface area contributed by atoms with Crippen molar-refractivity contribution in [2.75, 3.05) is 51.8 Å². The molecule has 6 rings (SSSR count). The quantitative estimate of drug-likeness (QED) is 0.329. The first kappa shape index (κ1) is 31.2. The van der Waals surface area contributed by atoms with Crippen LogP contribution in [0.15, 0.2) is 48.8 Å². The van der Waals surface area contributed by atoms with Crippen molar-refractivity contribution in [1.29, 1.82) is 5.26 Å². The number of hydrogen-bond donors (Lipinski definition) is 0. The second kappa shape index (κ2) is 13.3. The van der Waals surface area contributed by atoms with Crippen LogP contribution in [-0.2, 0) is 27.3 Å². The number of likely N-dealkylation sites (N-methyl/N-ethyl adjacent to an activating group) is 1. The van der Waals surface area contributed by atoms with Crippen molar-refractivity contribution in [3.8, 4) is 12.1 Å². The van der Waals surface area contributed by atoms with Crippen LogP contribution < -0.4 is 9.64 Å². The van der Waals surface area contributed by atoms with E-state index >= 15 is 0 Å². The lowest BCUT2D eigenvalue weighted by Gasteiger charge is -2.42. The van der Waals surface area contributed by atoms with Gasteiger partial charge in [0.2, 0.25) is 0 Å². The summed E-state index contributed by atoms with van der Waals surface area (Å²) in [5.41, 5.74) is 2.61. The molecule has 0 aliphatic carbocycles. The zero-order valence-corrected chi connectivity index (χ0v) is 26.2. The third kappa shape index (κ3) is 6.33. The second-order valence-electron chi connectivity index (χ2n) is 11.8. The van der Waals surface area contributed by atoms with E-state index in [4.69, 9.17) is 35.8 Å². The van der Waals surface area contributed by atoms with E-state index in [0.717, 1.165) is 40.6 Å². The number of hydrogen-bond acceptors (Lipinski definition) is 9. The fourth-order valence-electron chi connectivity index (χ4n) is 6.66. The van der Waals surface area contributed by atoms with Gasteiger partial charge in [0.15, 0.2) is 5.83 Å². The number of carbonyl (C=O) groups is 1. The van der Waals surface area contributed by atoms with E-state index in [1.807, 2.05) is 48.3 Å². The number of carbonyl (C=O) groups excluding carboxylic acids is 1. The SMILES string of the molecule is C=C(F)C(=O)N1CCN(c2nc(OC[C@@H]3C[C@@H](OC)CN3C)nc3c2COC(c2cccc4cccc(Cl)c24)C3)C[C@@H]1CC#N. The lowest BCUT2D eigenvalue weighted by molar-refractivity contribution is -0.131. The van der Waals surface area contributed by atoms with Crippen LogP contribution in [0.5, 0.6) is 6.01 Å². The van der Waals surface area contributed by atoms with Crippen LogP contribution in [0.4, 0.5) is 10.2 Å². The molecule has 3 aliphatic rings. The molecule has 0 N–H and O–H groups in total. The zero-order chi connectivity index (χ0) is 31.7. The van der Waals surface area contributed by atoms with E-state index in [-0.39, 0.29) is 43.8 Å². The zero-order valence-electron chi connectivity index (χ0n) is 25.4. The first-order valence-electron chi connectivity index (χ1n) is 15.1. The van der Waals surface area contributed by atoms with Crippen LogP contribution in [-0.4, -0.2) is 90.8 Å². The normalized spacial score (nSPS) is 23.5. The summed E-state index contributed by atoms with van der Waals surface area (Å²) in [5, 5.41) is 12.1. The molecule has 2 fully saturated rings. The summed E-state index contributed by atoms with van der Waals surface area (Å²) in [6, 6.07) is 13.9. The molecule has 0 radical (unpaired) electrons. The van der Waals surface area contributed by atoms with Gasteiger partial charge >= 0.3 is 6.01 Å². The van der Waals surface area contributed by atoms with E-state index in [9.17, 15) is 14.4 Å². The Morgan fingerprint density at radius 1 is 1.20 bits per heavy atom. The molecule has 4 atom stereocenters. The van der Waals surface area contributed by atoms with E-state index in [2.05, 4.69) is 17.5 Å². The van der Waals surface area contributed by atoms with Crippen LogP contribution in [0.3, 0.4) is 0 Å². The van der Waals surface area contributed by atoms with Gasteiger partial charge in [-0.15, -0.1) is 0 Å². The Balaban J connectivity index is 1.33. The van der Waals surface area contributed by atoms with Gasteiger partial charge in [-0.1, -0.05) is 48.5 Å². The number of aromatic nitrogens is 2. The highest BCUT2D eigenvalue weighted by Gasteiger charge is 2.36. The van der Waals surface area contributed by atoms with Crippen LogP contribution in [0.1, 0.15) is 35.8 Å². The monoisotopic (exact) mass is 634 g/mol. The van der Waals surface area contributed by atoms with Crippen LogP contribution in [0.2, 0.25) is 5.02 Å². The van der Waals surface area contributed by atoms with Crippen LogP contribution in [0, 0.1) is 11.3 Å². The van der Waals surface area contributed by atoms with Crippen molar-refractivity contribution in [2.45, 2.75) is 50.2 Å². The molecule has 3 aromatic rings. The molecule has 2 aromatic carbocycles. The Hall–Kier alpha value is -3.82. The molecule has 0 saturated carbocycles. The summed E-state index contributed by atoms with van der Waals surface area (Å²) in [6.07, 6.45) is 1.21. The van der Waals surface area contributed by atoms with E-state index in [1.54, 1.807) is 7.11 Å². The molecule has 45 heavy (non-hydrogen) atoms. The first-order chi connectivity index (χ1) is 21.8. The summed E-state index contributed by atoms with van der Waals surface area (Å²) < 4.78 is 32.1. The predicted molar refractivity (Wildman–Crippen MR) is 168 cm³/mol. The number of piperazine rings is 1. The standard InChI is InChI=1S/C33H36ClFN6O4/c1-20(35)32(42)41-13-12-40(16-22(41)10-11-36)31-26-19-44-29(25-8-4-6-21-7-5-9-27(34)30(21)25)15-28(26)37-33(38-31)45-18-23-14-24(43-3)17-39(23)2/h4-9,22-24,29H,1,10,12-19H2,2-3H3/t22-,23-,24+,29?/m0/s1. The number of rotatable bonds is 8. The Morgan fingerprint density at radius 3 is 2.73 bits per heavy atom. The number of amides is 1. The third-order valence-electron chi connectivity index (χ3n) is 9.08. The van der Waals surface area contributed by atoms with Crippen LogP contribution >= 0.6 is 11.6 Å². The third-order valence-corrected chi connectivity index (χ3v) is 9.40. The number of halogens is 2. The Kier molecular flexibility index (Phi) is 9.19. The van der Waals surface area contributed by atoms with E-state index in [0.29, 0.717) is 37.0 Å². The Labute approximate surface area is 266 Å². The van der Waals surface area contributed by atoms with Crippen molar-refractivity contribution in [3.05, 3.63) is 70.6 Å². The van der Waals surface area contributed by atoms with Gasteiger partial charge in [0.25, 0.3) is 5.91 Å². The number of benzene rings is 2. The molecule has 10 nitrogen and oxygen atoms in total. The highest BCUT2D eigenvalue weighted by Crippen LogP contribution is 2.39. The highest BCUT2D eigenvalue weighted by molar-refractivity contribution is 6.35. The molecule has 0 bridgehead atoms. The van der Waals surface area contributed by atoms with Gasteiger partial charge in [0.1, 0.15) is 12.4 Å². The van der Waals surface area contributed by atoms with Crippen molar-refractivity contribution in [1.82, 2.24) is 19.8 Å². The molecule has 1 amide bonds. The number of methoxy groups -OCH3 is 1. The number of fused-ring (bicyclic) bond motifs is 2. The lowest BCUT2D eigenvalue weighted by Crippen LogP contribution is -2.55. The van der Waals surface area contributed by atoms with Gasteiger partial charge in [-0.05, 0) is 30.5 Å². The van der Waals surface area contributed by atoms with Crippen molar-refractivity contribution in [2.24, 2.45) is 0 Å². The number of ether oxygens (including phenoxy) is 3. The average molecular weight is 635 g/mol. The second-order valence-corrected chi connectivity index (χ2v) is 12.2. The molecule has 0 spiro atoms. The molecule has 12 heteroatoms. The maximum Gasteiger partial charge on any atom is 0.318 e. The molecule has 3 aliphatic heterocycles. The van der Waals surface area contributed by atoms with Gasteiger partial charge in [0, 0.05) is 61.7 Å². The minimum atomic E-state index is -1.04. The molecule has 2 saturated heterocycles. The fourth-order valence-corrected chi connectivity index (χ4v) is 6.95. The number of anilines is 1. The summed E-state index contributed by atoms with van der Waals surface area (Å²) in [5.74, 6) is -1.20. The smallest absolute Gasteiger partial charge is 0.318 e.